The van der Waals surface area contributed by atoms with Gasteiger partial charge in [-0.05, 0) is 83.5 Å². The van der Waals surface area contributed by atoms with Gasteiger partial charge < -0.3 is 14.2 Å². The van der Waals surface area contributed by atoms with Crippen molar-refractivity contribution >= 4 is 17.9 Å². The topological polar surface area (TPSA) is 78.9 Å². The molecule has 0 bridgehead atoms. The van der Waals surface area contributed by atoms with Crippen LogP contribution in [0.4, 0.5) is 0 Å². The first-order chi connectivity index (χ1) is 40.5. The molecule has 0 spiro atoms. The van der Waals surface area contributed by atoms with Gasteiger partial charge in [0.2, 0.25) is 0 Å². The average Bonchev–Trinajstić information content (AvgIpc) is 3.48. The minimum absolute atomic E-state index is 0.0729. The summed E-state index contributed by atoms with van der Waals surface area (Å²) in [6.07, 6.45) is 91.2. The van der Waals surface area contributed by atoms with Crippen molar-refractivity contribution < 1.29 is 28.6 Å². The molecule has 1 atom stereocenters. The van der Waals surface area contributed by atoms with Crippen LogP contribution in [-0.2, 0) is 28.6 Å². The second-order valence-electron chi connectivity index (χ2n) is 24.5. The molecule has 6 nitrogen and oxygen atoms in total. The van der Waals surface area contributed by atoms with Crippen LogP contribution in [0.1, 0.15) is 387 Å². The molecule has 0 aromatic rings. The van der Waals surface area contributed by atoms with Crippen LogP contribution < -0.4 is 0 Å². The van der Waals surface area contributed by atoms with E-state index < -0.39 is 6.10 Å². The molecule has 82 heavy (non-hydrogen) atoms. The molecule has 1 unspecified atom stereocenters. The van der Waals surface area contributed by atoms with Crippen LogP contribution in [0.25, 0.3) is 0 Å². The highest BCUT2D eigenvalue weighted by Gasteiger charge is 2.19. The standard InChI is InChI=1S/C76H138O6/c1-4-7-10-13-16-19-22-25-28-30-31-32-33-34-35-36-37-38-39-40-41-42-43-44-45-47-48-51-54-57-60-63-66-69-75(78)81-72-73(71-80-74(77)68-65-62-59-56-53-50-27-24-21-18-15-12-9-6-3)82-76(79)70-67-64-61-58-55-52-49-46-29-26-23-20-17-14-11-8-5-2/h8,11,17,20,22,25-26,29-31,73H,4-7,9-10,12-16,18-19,21,23-24,27-28,32-72H2,1-3H3/b11-8-,20-17-,25-22-,29-26-,31-30-. The van der Waals surface area contributed by atoms with Crippen LogP contribution in [0.2, 0.25) is 0 Å². The summed E-state index contributed by atoms with van der Waals surface area (Å²) in [6.45, 7) is 6.57. The zero-order valence-electron chi connectivity index (χ0n) is 55.0. The quantitative estimate of drug-likeness (QED) is 0.0261. The lowest BCUT2D eigenvalue weighted by Gasteiger charge is -2.18. The minimum atomic E-state index is -0.777. The number of carbonyl (C=O) groups is 3. The molecule has 0 aliphatic carbocycles. The Kier molecular flexibility index (Phi) is 68.1. The van der Waals surface area contributed by atoms with Gasteiger partial charge in [-0.25, -0.2) is 0 Å². The van der Waals surface area contributed by atoms with Crippen molar-refractivity contribution in [3.63, 3.8) is 0 Å². The van der Waals surface area contributed by atoms with E-state index in [1.54, 1.807) is 0 Å². The van der Waals surface area contributed by atoms with E-state index in [2.05, 4.69) is 81.5 Å². The largest absolute Gasteiger partial charge is 0.462 e. The maximum atomic E-state index is 12.9. The molecule has 0 amide bonds. The lowest BCUT2D eigenvalue weighted by molar-refractivity contribution is -0.167. The summed E-state index contributed by atoms with van der Waals surface area (Å²) in [5.74, 6) is -0.857. The number of ether oxygens (including phenoxy) is 3. The van der Waals surface area contributed by atoms with E-state index in [-0.39, 0.29) is 31.1 Å². The average molecular weight is 1150 g/mol. The maximum Gasteiger partial charge on any atom is 0.306 e. The first kappa shape index (κ1) is 79.1. The highest BCUT2D eigenvalue weighted by atomic mass is 16.6. The number of carbonyl (C=O) groups excluding carboxylic acids is 3. The summed E-state index contributed by atoms with van der Waals surface area (Å²) >= 11 is 0. The number of rotatable bonds is 67. The molecule has 0 fully saturated rings. The van der Waals surface area contributed by atoms with E-state index in [1.165, 1.54) is 257 Å². The van der Waals surface area contributed by atoms with E-state index in [1.807, 2.05) is 0 Å². The first-order valence-electron chi connectivity index (χ1n) is 36.3. The van der Waals surface area contributed by atoms with Crippen LogP contribution in [0.5, 0.6) is 0 Å². The second-order valence-corrected chi connectivity index (χ2v) is 24.5. The maximum absolute atomic E-state index is 12.9. The highest BCUT2D eigenvalue weighted by Crippen LogP contribution is 2.18. The van der Waals surface area contributed by atoms with Crippen molar-refractivity contribution in [1.82, 2.24) is 0 Å². The van der Waals surface area contributed by atoms with Crippen LogP contribution in [0, 0.1) is 0 Å². The summed E-state index contributed by atoms with van der Waals surface area (Å²) in [7, 11) is 0. The molecular weight excluding hydrogens is 1010 g/mol. The van der Waals surface area contributed by atoms with Crippen LogP contribution in [0.15, 0.2) is 60.8 Å². The molecule has 0 aliphatic rings. The van der Waals surface area contributed by atoms with Crippen molar-refractivity contribution in [2.75, 3.05) is 13.2 Å². The fraction of sp³-hybridized carbons (Fsp3) is 0.829. The zero-order chi connectivity index (χ0) is 59.2. The Hall–Kier alpha value is -2.89. The molecule has 0 saturated heterocycles. The third-order valence-electron chi connectivity index (χ3n) is 16.3. The summed E-state index contributed by atoms with van der Waals surface area (Å²) in [4.78, 5) is 38.4. The third-order valence-corrected chi connectivity index (χ3v) is 16.3. The van der Waals surface area contributed by atoms with Gasteiger partial charge in [-0.15, -0.1) is 0 Å². The summed E-state index contributed by atoms with van der Waals surface area (Å²) in [5, 5.41) is 0. The van der Waals surface area contributed by atoms with Crippen LogP contribution in [-0.4, -0.2) is 37.2 Å². The fourth-order valence-electron chi connectivity index (χ4n) is 10.8. The van der Waals surface area contributed by atoms with Gasteiger partial charge in [0, 0.05) is 19.3 Å². The van der Waals surface area contributed by atoms with Crippen molar-refractivity contribution in [2.45, 2.75) is 393 Å². The van der Waals surface area contributed by atoms with Crippen LogP contribution in [0.3, 0.4) is 0 Å². The van der Waals surface area contributed by atoms with E-state index in [0.717, 1.165) is 89.9 Å². The van der Waals surface area contributed by atoms with Gasteiger partial charge >= 0.3 is 17.9 Å². The molecule has 0 N–H and O–H groups in total. The van der Waals surface area contributed by atoms with Crippen molar-refractivity contribution in [3.05, 3.63) is 60.8 Å². The number of hydrogen-bond donors (Lipinski definition) is 0. The van der Waals surface area contributed by atoms with Crippen molar-refractivity contribution in [3.8, 4) is 0 Å². The Bertz CT molecular complexity index is 1460. The van der Waals surface area contributed by atoms with Crippen LogP contribution >= 0.6 is 0 Å². The molecule has 0 saturated carbocycles. The van der Waals surface area contributed by atoms with E-state index in [0.29, 0.717) is 19.3 Å². The highest BCUT2D eigenvalue weighted by molar-refractivity contribution is 5.71. The molecule has 6 heteroatoms. The molecule has 0 rings (SSSR count). The van der Waals surface area contributed by atoms with E-state index in [9.17, 15) is 14.4 Å². The zero-order valence-corrected chi connectivity index (χ0v) is 55.0. The van der Waals surface area contributed by atoms with Gasteiger partial charge in [-0.3, -0.25) is 14.4 Å². The SMILES string of the molecule is CC/C=C\C/C=C\C/C=C\CCCCCCCCCC(=O)OC(COC(=O)CCCCCCCCCCCCCCCC)COC(=O)CCCCCCCCCCCCCCCCCCCCCCC/C=C\C/C=C\CCCCCCC. The normalized spacial score (nSPS) is 12.4. The summed E-state index contributed by atoms with van der Waals surface area (Å²) in [6, 6.07) is 0. The van der Waals surface area contributed by atoms with Gasteiger partial charge in [-0.2, -0.15) is 0 Å². The van der Waals surface area contributed by atoms with Gasteiger partial charge in [0.05, 0.1) is 0 Å². The molecule has 478 valence electrons. The third kappa shape index (κ3) is 67.9. The van der Waals surface area contributed by atoms with Crippen molar-refractivity contribution in [2.24, 2.45) is 0 Å². The lowest BCUT2D eigenvalue weighted by Crippen LogP contribution is -2.30. The monoisotopic (exact) mass is 1150 g/mol. The Balaban J connectivity index is 4.14. The molecule has 0 aliphatic heterocycles. The number of esters is 3. The predicted octanol–water partition coefficient (Wildman–Crippen LogP) is 25.1. The molecular formula is C76H138O6. The molecule has 0 radical (unpaired) electrons. The van der Waals surface area contributed by atoms with E-state index >= 15 is 0 Å². The predicted molar refractivity (Wildman–Crippen MR) is 358 cm³/mol. The Morgan fingerprint density at radius 2 is 0.476 bits per heavy atom. The summed E-state index contributed by atoms with van der Waals surface area (Å²) in [5.41, 5.74) is 0. The lowest BCUT2D eigenvalue weighted by atomic mass is 10.0. The minimum Gasteiger partial charge on any atom is -0.462 e. The number of hydrogen-bond acceptors (Lipinski definition) is 6. The first-order valence-corrected chi connectivity index (χ1v) is 36.3. The van der Waals surface area contributed by atoms with Crippen molar-refractivity contribution in [1.29, 1.82) is 0 Å². The van der Waals surface area contributed by atoms with Gasteiger partial charge in [0.25, 0.3) is 0 Å². The number of unbranched alkanes of at least 4 members (excludes halogenated alkanes) is 46. The second kappa shape index (κ2) is 70.6. The Morgan fingerprint density at radius 1 is 0.256 bits per heavy atom. The van der Waals surface area contributed by atoms with Gasteiger partial charge in [0.1, 0.15) is 13.2 Å². The molecule has 0 aromatic carbocycles. The molecule has 0 aromatic heterocycles. The van der Waals surface area contributed by atoms with Gasteiger partial charge in [0.15, 0.2) is 6.10 Å². The Labute approximate surface area is 510 Å². The van der Waals surface area contributed by atoms with E-state index in [4.69, 9.17) is 14.2 Å². The smallest absolute Gasteiger partial charge is 0.306 e. The Morgan fingerprint density at radius 3 is 0.744 bits per heavy atom. The molecule has 0 heterocycles. The summed E-state index contributed by atoms with van der Waals surface area (Å²) < 4.78 is 17.0. The number of allylic oxidation sites excluding steroid dienone is 10. The van der Waals surface area contributed by atoms with Gasteiger partial charge in [-0.1, -0.05) is 345 Å². The fourth-order valence-corrected chi connectivity index (χ4v) is 10.8.